The highest BCUT2D eigenvalue weighted by Gasteiger charge is 2.38. The SMILES string of the molecule is CN1CCN(S(=O)(=O)N2CCCCC2)C(c2ccccc2)C1. The van der Waals surface area contributed by atoms with Crippen molar-refractivity contribution in [3.8, 4) is 0 Å². The molecule has 0 radical (unpaired) electrons. The van der Waals surface area contributed by atoms with Crippen LogP contribution in [0.1, 0.15) is 30.9 Å². The van der Waals surface area contributed by atoms with Crippen LogP contribution in [0.2, 0.25) is 0 Å². The second-order valence-corrected chi connectivity index (χ2v) is 8.15. The number of piperazine rings is 1. The second kappa shape index (κ2) is 6.66. The van der Waals surface area contributed by atoms with Gasteiger partial charge < -0.3 is 4.90 Å². The van der Waals surface area contributed by atoms with Crippen LogP contribution >= 0.6 is 0 Å². The summed E-state index contributed by atoms with van der Waals surface area (Å²) in [6.45, 7) is 3.43. The van der Waals surface area contributed by atoms with Crippen LogP contribution < -0.4 is 0 Å². The van der Waals surface area contributed by atoms with Crippen LogP contribution in [0.5, 0.6) is 0 Å². The highest BCUT2D eigenvalue weighted by Crippen LogP contribution is 2.30. The third-order valence-corrected chi connectivity index (χ3v) is 6.70. The first-order valence-electron chi connectivity index (χ1n) is 8.09. The van der Waals surface area contributed by atoms with Crippen molar-refractivity contribution in [2.24, 2.45) is 0 Å². The lowest BCUT2D eigenvalue weighted by atomic mass is 10.1. The summed E-state index contributed by atoms with van der Waals surface area (Å²) in [6.07, 6.45) is 3.09. The zero-order chi connectivity index (χ0) is 15.6. The Kier molecular flexibility index (Phi) is 4.82. The molecule has 0 spiro atoms. The number of benzene rings is 1. The largest absolute Gasteiger partial charge is 0.303 e. The molecule has 2 saturated heterocycles. The molecule has 122 valence electrons. The molecule has 0 amide bonds. The minimum Gasteiger partial charge on any atom is -0.303 e. The van der Waals surface area contributed by atoms with Crippen LogP contribution in [0.3, 0.4) is 0 Å². The van der Waals surface area contributed by atoms with Gasteiger partial charge in [-0.05, 0) is 25.5 Å². The zero-order valence-corrected chi connectivity index (χ0v) is 14.0. The van der Waals surface area contributed by atoms with Crippen molar-refractivity contribution in [1.29, 1.82) is 0 Å². The number of rotatable bonds is 3. The van der Waals surface area contributed by atoms with Gasteiger partial charge in [-0.3, -0.25) is 0 Å². The molecule has 0 saturated carbocycles. The molecule has 2 fully saturated rings. The van der Waals surface area contributed by atoms with Crippen molar-refractivity contribution < 1.29 is 8.42 Å². The van der Waals surface area contributed by atoms with Crippen LogP contribution in [-0.2, 0) is 10.2 Å². The first-order valence-corrected chi connectivity index (χ1v) is 9.49. The van der Waals surface area contributed by atoms with E-state index < -0.39 is 10.2 Å². The van der Waals surface area contributed by atoms with Crippen LogP contribution in [0.15, 0.2) is 30.3 Å². The van der Waals surface area contributed by atoms with Gasteiger partial charge in [-0.1, -0.05) is 36.8 Å². The van der Waals surface area contributed by atoms with Gasteiger partial charge in [-0.15, -0.1) is 0 Å². The number of nitrogens with zero attached hydrogens (tertiary/aromatic N) is 3. The molecule has 2 aliphatic heterocycles. The predicted octanol–water partition coefficient (Wildman–Crippen LogP) is 1.71. The van der Waals surface area contributed by atoms with Crippen molar-refractivity contribution >= 4 is 10.2 Å². The lowest BCUT2D eigenvalue weighted by Gasteiger charge is -2.42. The van der Waals surface area contributed by atoms with Crippen molar-refractivity contribution in [2.75, 3.05) is 39.8 Å². The number of hydrogen-bond donors (Lipinski definition) is 0. The lowest BCUT2D eigenvalue weighted by molar-refractivity contribution is 0.150. The van der Waals surface area contributed by atoms with E-state index >= 15 is 0 Å². The van der Waals surface area contributed by atoms with Crippen LogP contribution in [0.25, 0.3) is 0 Å². The molecule has 2 aliphatic rings. The molecule has 22 heavy (non-hydrogen) atoms. The summed E-state index contributed by atoms with van der Waals surface area (Å²) < 4.78 is 29.5. The summed E-state index contributed by atoms with van der Waals surface area (Å²) in [5.74, 6) is 0. The molecule has 0 N–H and O–H groups in total. The molecule has 0 aliphatic carbocycles. The minimum atomic E-state index is -3.37. The average molecular weight is 323 g/mol. The maximum Gasteiger partial charge on any atom is 0.282 e. The maximum absolute atomic E-state index is 13.1. The van der Waals surface area contributed by atoms with Gasteiger partial charge in [0.05, 0.1) is 6.04 Å². The summed E-state index contributed by atoms with van der Waals surface area (Å²) in [5.41, 5.74) is 1.08. The normalized spacial score (nSPS) is 26.1. The molecular weight excluding hydrogens is 298 g/mol. The third-order valence-electron chi connectivity index (χ3n) is 4.66. The summed E-state index contributed by atoms with van der Waals surface area (Å²) in [4.78, 5) is 2.21. The molecule has 1 aromatic carbocycles. The van der Waals surface area contributed by atoms with Crippen LogP contribution in [-0.4, -0.2) is 61.7 Å². The Bertz CT molecular complexity index is 585. The van der Waals surface area contributed by atoms with Crippen molar-refractivity contribution in [3.05, 3.63) is 35.9 Å². The van der Waals surface area contributed by atoms with E-state index in [2.05, 4.69) is 11.9 Å². The summed E-state index contributed by atoms with van der Waals surface area (Å²) in [5, 5.41) is 0. The molecule has 0 bridgehead atoms. The Morgan fingerprint density at radius 3 is 2.32 bits per heavy atom. The number of likely N-dealkylation sites (N-methyl/N-ethyl adjacent to an activating group) is 1. The molecule has 5 nitrogen and oxygen atoms in total. The van der Waals surface area contributed by atoms with Gasteiger partial charge in [-0.25, -0.2) is 0 Å². The smallest absolute Gasteiger partial charge is 0.282 e. The van der Waals surface area contributed by atoms with E-state index in [1.165, 1.54) is 0 Å². The van der Waals surface area contributed by atoms with E-state index in [1.807, 2.05) is 30.3 Å². The first-order chi connectivity index (χ1) is 10.6. The van der Waals surface area contributed by atoms with Crippen molar-refractivity contribution in [1.82, 2.24) is 13.5 Å². The molecule has 1 unspecified atom stereocenters. The van der Waals surface area contributed by atoms with Crippen molar-refractivity contribution in [3.63, 3.8) is 0 Å². The van der Waals surface area contributed by atoms with Gasteiger partial charge in [0.25, 0.3) is 10.2 Å². The summed E-state index contributed by atoms with van der Waals surface area (Å²) in [6, 6.07) is 9.91. The minimum absolute atomic E-state index is 0.0909. The van der Waals surface area contributed by atoms with E-state index in [9.17, 15) is 8.42 Å². The highest BCUT2D eigenvalue weighted by atomic mass is 32.2. The Morgan fingerprint density at radius 1 is 0.955 bits per heavy atom. The monoisotopic (exact) mass is 323 g/mol. The lowest BCUT2D eigenvalue weighted by Crippen LogP contribution is -2.54. The fourth-order valence-electron chi connectivity index (χ4n) is 3.37. The molecule has 3 rings (SSSR count). The Hall–Kier alpha value is -0.950. The Morgan fingerprint density at radius 2 is 1.64 bits per heavy atom. The highest BCUT2D eigenvalue weighted by molar-refractivity contribution is 7.86. The second-order valence-electron chi connectivity index (χ2n) is 6.27. The molecule has 1 aromatic rings. The third kappa shape index (κ3) is 3.20. The van der Waals surface area contributed by atoms with Crippen LogP contribution in [0.4, 0.5) is 0 Å². The Balaban J connectivity index is 1.89. The van der Waals surface area contributed by atoms with Gasteiger partial charge >= 0.3 is 0 Å². The van der Waals surface area contributed by atoms with Crippen LogP contribution in [0, 0.1) is 0 Å². The topological polar surface area (TPSA) is 43.9 Å². The molecule has 2 heterocycles. The van der Waals surface area contributed by atoms with Gasteiger partial charge in [0.15, 0.2) is 0 Å². The molecule has 6 heteroatoms. The fourth-order valence-corrected chi connectivity index (χ4v) is 5.21. The van der Waals surface area contributed by atoms with Gasteiger partial charge in [0.2, 0.25) is 0 Å². The average Bonchev–Trinajstić information content (AvgIpc) is 2.56. The molecule has 1 atom stereocenters. The van der Waals surface area contributed by atoms with E-state index in [4.69, 9.17) is 0 Å². The predicted molar refractivity (Wildman–Crippen MR) is 87.7 cm³/mol. The van der Waals surface area contributed by atoms with Gasteiger partial charge in [0.1, 0.15) is 0 Å². The fraction of sp³-hybridized carbons (Fsp3) is 0.625. The van der Waals surface area contributed by atoms with Gasteiger partial charge in [-0.2, -0.15) is 17.0 Å². The van der Waals surface area contributed by atoms with E-state index in [0.717, 1.165) is 37.9 Å². The van der Waals surface area contributed by atoms with E-state index in [0.29, 0.717) is 19.6 Å². The van der Waals surface area contributed by atoms with Gasteiger partial charge in [0, 0.05) is 32.7 Å². The number of hydrogen-bond acceptors (Lipinski definition) is 3. The summed E-state index contributed by atoms with van der Waals surface area (Å²) in [7, 11) is -1.31. The standard InChI is InChI=1S/C16H25N3O2S/c1-17-12-13-19(16(14-17)15-8-4-2-5-9-15)22(20,21)18-10-6-3-7-11-18/h2,4-5,8-9,16H,3,6-7,10-14H2,1H3. The van der Waals surface area contributed by atoms with Crippen molar-refractivity contribution in [2.45, 2.75) is 25.3 Å². The quantitative estimate of drug-likeness (QED) is 0.850. The van der Waals surface area contributed by atoms with E-state index in [1.54, 1.807) is 8.61 Å². The Labute approximate surface area is 133 Å². The summed E-state index contributed by atoms with van der Waals surface area (Å²) >= 11 is 0. The number of piperidine rings is 1. The van der Waals surface area contributed by atoms with E-state index in [-0.39, 0.29) is 6.04 Å². The maximum atomic E-state index is 13.1. The first kappa shape index (κ1) is 15.9. The molecule has 0 aromatic heterocycles. The molecular formula is C16H25N3O2S. The zero-order valence-electron chi connectivity index (χ0n) is 13.2.